The highest BCUT2D eigenvalue weighted by Crippen LogP contribution is 2.30. The van der Waals surface area contributed by atoms with E-state index in [0.717, 1.165) is 40.9 Å². The van der Waals surface area contributed by atoms with Gasteiger partial charge in [-0.1, -0.05) is 36.7 Å². The van der Waals surface area contributed by atoms with E-state index in [1.54, 1.807) is 15.0 Å². The summed E-state index contributed by atoms with van der Waals surface area (Å²) in [4.78, 5) is 4.73. The fraction of sp³-hybridized carbons (Fsp3) is 0.429. The van der Waals surface area contributed by atoms with Gasteiger partial charge in [0.2, 0.25) is 10.0 Å². The lowest BCUT2D eigenvalue weighted by Gasteiger charge is -2.31. The van der Waals surface area contributed by atoms with E-state index in [4.69, 9.17) is 16.6 Å². The van der Waals surface area contributed by atoms with Gasteiger partial charge in [-0.3, -0.25) is 0 Å². The summed E-state index contributed by atoms with van der Waals surface area (Å²) in [5.41, 5.74) is 2.33. The lowest BCUT2D eigenvalue weighted by Crippen LogP contribution is -2.40. The summed E-state index contributed by atoms with van der Waals surface area (Å²) in [6.07, 6.45) is 4.05. The van der Waals surface area contributed by atoms with Crippen LogP contribution >= 0.6 is 27.5 Å². The van der Waals surface area contributed by atoms with Gasteiger partial charge in [-0.15, -0.1) is 0 Å². The number of hydrogen-bond donors (Lipinski definition) is 1. The molecule has 0 spiro atoms. The lowest BCUT2D eigenvalue weighted by atomic mass is 9.98. The quantitative estimate of drug-likeness (QED) is 0.484. The molecule has 0 bridgehead atoms. The molecule has 0 saturated carbocycles. The molecule has 10 heteroatoms. The van der Waals surface area contributed by atoms with Crippen LogP contribution in [0.3, 0.4) is 0 Å². The first-order valence-electron chi connectivity index (χ1n) is 10.4. The summed E-state index contributed by atoms with van der Waals surface area (Å²) in [6.45, 7) is 3.80. The van der Waals surface area contributed by atoms with E-state index in [9.17, 15) is 8.42 Å². The van der Waals surface area contributed by atoms with Crippen LogP contribution in [-0.4, -0.2) is 52.7 Å². The smallest absolute Gasteiger partial charge is 0.214 e. The molecular weight excluding hydrogens is 502 g/mol. The van der Waals surface area contributed by atoms with Gasteiger partial charge >= 0.3 is 0 Å². The minimum Gasteiger partial charge on any atom is -0.370 e. The van der Waals surface area contributed by atoms with Gasteiger partial charge in [-0.05, 0) is 47.2 Å². The fourth-order valence-corrected chi connectivity index (χ4v) is 6.02. The van der Waals surface area contributed by atoms with Crippen LogP contribution < -0.4 is 5.32 Å². The third kappa shape index (κ3) is 4.89. The normalized spacial score (nSPS) is 16.1. The Balaban J connectivity index is 1.51. The second-order valence-corrected chi connectivity index (χ2v) is 11.1. The number of piperidine rings is 1. The van der Waals surface area contributed by atoms with Crippen molar-refractivity contribution in [1.82, 2.24) is 18.9 Å². The minimum absolute atomic E-state index is 0.226. The zero-order chi connectivity index (χ0) is 22.0. The zero-order valence-electron chi connectivity index (χ0n) is 17.3. The number of nitrogens with one attached hydrogen (secondary N) is 1. The Bertz CT molecular complexity index is 1180. The second kappa shape index (κ2) is 9.44. The molecule has 0 atom stereocenters. The Morgan fingerprint density at radius 1 is 1.26 bits per heavy atom. The molecule has 1 saturated heterocycles. The molecule has 3 heterocycles. The maximum Gasteiger partial charge on any atom is 0.214 e. The van der Waals surface area contributed by atoms with Crippen LogP contribution in [0.5, 0.6) is 0 Å². The van der Waals surface area contributed by atoms with Crippen molar-refractivity contribution < 1.29 is 8.42 Å². The van der Waals surface area contributed by atoms with Gasteiger partial charge in [0.25, 0.3) is 0 Å². The predicted octanol–water partition coefficient (Wildman–Crippen LogP) is 4.68. The number of benzene rings is 1. The summed E-state index contributed by atoms with van der Waals surface area (Å²) in [7, 11) is -3.12. The van der Waals surface area contributed by atoms with Crippen LogP contribution in [0.2, 0.25) is 5.02 Å². The van der Waals surface area contributed by atoms with Gasteiger partial charge in [-0.25, -0.2) is 17.7 Å². The van der Waals surface area contributed by atoms with E-state index in [1.165, 1.54) is 0 Å². The molecule has 7 nitrogen and oxygen atoms in total. The van der Waals surface area contributed by atoms with Crippen LogP contribution in [0, 0.1) is 5.92 Å². The van der Waals surface area contributed by atoms with Crippen LogP contribution in [0.25, 0.3) is 16.9 Å². The molecular formula is C21H25BrClN5O2S. The molecule has 166 valence electrons. The molecule has 1 N–H and O–H groups in total. The van der Waals surface area contributed by atoms with Crippen molar-refractivity contribution in [3.63, 3.8) is 0 Å². The van der Waals surface area contributed by atoms with E-state index in [0.29, 0.717) is 36.1 Å². The van der Waals surface area contributed by atoms with Crippen molar-refractivity contribution in [2.45, 2.75) is 26.2 Å². The van der Waals surface area contributed by atoms with Crippen LogP contribution in [0.1, 0.15) is 26.2 Å². The Morgan fingerprint density at radius 2 is 2.00 bits per heavy atom. The number of fused-ring (bicyclic) bond motifs is 1. The van der Waals surface area contributed by atoms with Gasteiger partial charge < -0.3 is 5.32 Å². The lowest BCUT2D eigenvalue weighted by molar-refractivity contribution is 0.282. The minimum atomic E-state index is -3.12. The first kappa shape index (κ1) is 22.5. The number of nitrogens with zero attached hydrogens (tertiary/aromatic N) is 4. The van der Waals surface area contributed by atoms with E-state index in [2.05, 4.69) is 26.3 Å². The average Bonchev–Trinajstić information content (AvgIpc) is 3.13. The first-order chi connectivity index (χ1) is 14.9. The van der Waals surface area contributed by atoms with E-state index >= 15 is 0 Å². The molecule has 0 unspecified atom stereocenters. The molecule has 1 aliphatic rings. The first-order valence-corrected chi connectivity index (χ1v) is 13.2. The van der Waals surface area contributed by atoms with Gasteiger partial charge in [0.1, 0.15) is 5.82 Å². The highest BCUT2D eigenvalue weighted by Gasteiger charge is 2.27. The summed E-state index contributed by atoms with van der Waals surface area (Å²) in [5.74, 6) is 1.44. The highest BCUT2D eigenvalue weighted by molar-refractivity contribution is 9.10. The fourth-order valence-electron chi connectivity index (χ4n) is 3.90. The standard InChI is InChI=1S/C21H25BrClN5O2S/c1-2-11-31(29,30)27-9-7-15(8-10-27)13-24-20-12-19(16-5-3-4-6-18(16)23)26-21-17(22)14-25-28(20)21/h3-6,12,14-15,24H,2,7-11,13H2,1H3. The number of rotatable bonds is 7. The molecule has 1 aliphatic heterocycles. The summed E-state index contributed by atoms with van der Waals surface area (Å²) >= 11 is 9.92. The highest BCUT2D eigenvalue weighted by atomic mass is 79.9. The third-order valence-corrected chi connectivity index (χ3v) is 8.54. The Hall–Kier alpha value is -1.68. The Kier molecular flexibility index (Phi) is 6.86. The number of halogens is 2. The van der Waals surface area contributed by atoms with Crippen molar-refractivity contribution in [3.8, 4) is 11.3 Å². The molecule has 1 fully saturated rings. The summed E-state index contributed by atoms with van der Waals surface area (Å²) in [5, 5.41) is 8.58. The average molecular weight is 527 g/mol. The number of sulfonamides is 1. The zero-order valence-corrected chi connectivity index (χ0v) is 20.4. The summed E-state index contributed by atoms with van der Waals surface area (Å²) in [6, 6.07) is 9.58. The van der Waals surface area contributed by atoms with Crippen LogP contribution in [-0.2, 0) is 10.0 Å². The van der Waals surface area contributed by atoms with Crippen LogP contribution in [0.15, 0.2) is 41.0 Å². The summed E-state index contributed by atoms with van der Waals surface area (Å²) < 4.78 is 28.8. The molecule has 0 aliphatic carbocycles. The maximum atomic E-state index is 12.3. The van der Waals surface area contributed by atoms with E-state index < -0.39 is 10.0 Å². The topological polar surface area (TPSA) is 79.6 Å². The van der Waals surface area contributed by atoms with Crippen molar-refractivity contribution >= 4 is 49.0 Å². The van der Waals surface area contributed by atoms with Gasteiger partial charge in [0.05, 0.1) is 22.1 Å². The number of anilines is 1. The van der Waals surface area contributed by atoms with E-state index in [-0.39, 0.29) is 5.75 Å². The second-order valence-electron chi connectivity index (χ2n) is 7.77. The number of aromatic nitrogens is 3. The van der Waals surface area contributed by atoms with Crippen molar-refractivity contribution in [3.05, 3.63) is 46.0 Å². The van der Waals surface area contributed by atoms with Crippen molar-refractivity contribution in [1.29, 1.82) is 0 Å². The van der Waals surface area contributed by atoms with Crippen molar-refractivity contribution in [2.75, 3.05) is 30.7 Å². The number of hydrogen-bond acceptors (Lipinski definition) is 5. The third-order valence-electron chi connectivity index (χ3n) is 5.58. The van der Waals surface area contributed by atoms with Gasteiger partial charge in [0.15, 0.2) is 5.65 Å². The van der Waals surface area contributed by atoms with Crippen LogP contribution in [0.4, 0.5) is 5.82 Å². The largest absolute Gasteiger partial charge is 0.370 e. The molecule has 2 aromatic heterocycles. The van der Waals surface area contributed by atoms with E-state index in [1.807, 2.05) is 37.3 Å². The molecule has 0 radical (unpaired) electrons. The predicted molar refractivity (Wildman–Crippen MR) is 128 cm³/mol. The molecule has 1 aromatic carbocycles. The molecule has 4 rings (SSSR count). The van der Waals surface area contributed by atoms with Gasteiger partial charge in [0, 0.05) is 36.3 Å². The Labute approximate surface area is 196 Å². The Morgan fingerprint density at radius 3 is 2.71 bits per heavy atom. The molecule has 31 heavy (non-hydrogen) atoms. The monoisotopic (exact) mass is 525 g/mol. The molecule has 3 aromatic rings. The molecule has 0 amide bonds. The SMILES string of the molecule is CCCS(=O)(=O)N1CCC(CNc2cc(-c3ccccc3Cl)nc3c(Br)cnn23)CC1. The maximum absolute atomic E-state index is 12.3. The van der Waals surface area contributed by atoms with Crippen molar-refractivity contribution in [2.24, 2.45) is 5.92 Å². The van der Waals surface area contributed by atoms with Gasteiger partial charge in [-0.2, -0.15) is 9.61 Å².